The van der Waals surface area contributed by atoms with Gasteiger partial charge in [0.05, 0.1) is 13.5 Å². The molecule has 2 N–H and O–H groups in total. The van der Waals surface area contributed by atoms with E-state index < -0.39 is 24.0 Å². The van der Waals surface area contributed by atoms with E-state index in [1.54, 1.807) is 0 Å². The number of rotatable bonds is 5. The summed E-state index contributed by atoms with van der Waals surface area (Å²) in [6.45, 7) is 0. The molecule has 0 aromatic heterocycles. The first kappa shape index (κ1) is 12.7. The monoisotopic (exact) mass is 238 g/mol. The highest BCUT2D eigenvalue weighted by atomic mass is 16.5. The highest BCUT2D eigenvalue weighted by Gasteiger charge is 2.18. The summed E-state index contributed by atoms with van der Waals surface area (Å²) < 4.78 is 4.78. The van der Waals surface area contributed by atoms with Gasteiger partial charge in [-0.3, -0.25) is 9.59 Å². The average Bonchev–Trinajstić information content (AvgIpc) is 2.28. The van der Waals surface area contributed by atoms with E-state index in [1.165, 1.54) is 19.2 Å². The number of phenolic OH excluding ortho intramolecular Hbond substituents is 1. The summed E-state index contributed by atoms with van der Waals surface area (Å²) in [5.74, 6) is -3.58. The van der Waals surface area contributed by atoms with Crippen molar-refractivity contribution in [3.8, 4) is 11.5 Å². The van der Waals surface area contributed by atoms with E-state index >= 15 is 0 Å². The number of methoxy groups -OCH3 is 1. The molecule has 1 aromatic carbocycles. The van der Waals surface area contributed by atoms with Gasteiger partial charge in [-0.2, -0.15) is 0 Å². The number of benzene rings is 1. The lowest BCUT2D eigenvalue weighted by molar-refractivity contribution is -0.148. The van der Waals surface area contributed by atoms with Gasteiger partial charge in [-0.05, 0) is 18.2 Å². The van der Waals surface area contributed by atoms with E-state index in [4.69, 9.17) is 9.84 Å². The number of carbonyl (C=O) groups excluding carboxylic acids is 2. The van der Waals surface area contributed by atoms with Crippen LogP contribution in [0.1, 0.15) is 16.8 Å². The molecule has 0 saturated carbocycles. The van der Waals surface area contributed by atoms with E-state index in [9.17, 15) is 19.5 Å². The molecule has 0 spiro atoms. The van der Waals surface area contributed by atoms with Crippen LogP contribution in [0, 0.1) is 0 Å². The molecule has 1 rings (SSSR count). The van der Waals surface area contributed by atoms with Crippen molar-refractivity contribution < 1.29 is 29.3 Å². The third-order valence-corrected chi connectivity index (χ3v) is 2.06. The van der Waals surface area contributed by atoms with Crippen molar-refractivity contribution in [2.75, 3.05) is 7.11 Å². The summed E-state index contributed by atoms with van der Waals surface area (Å²) in [5, 5.41) is 17.7. The van der Waals surface area contributed by atoms with Crippen molar-refractivity contribution in [1.82, 2.24) is 0 Å². The zero-order valence-electron chi connectivity index (χ0n) is 8.97. The fourth-order valence-electron chi connectivity index (χ4n) is 1.19. The summed E-state index contributed by atoms with van der Waals surface area (Å²) in [7, 11) is 1.35. The van der Waals surface area contributed by atoms with Gasteiger partial charge in [0, 0.05) is 5.56 Å². The molecular formula is C11H10O6. The minimum Gasteiger partial charge on any atom is -0.504 e. The molecule has 0 aliphatic rings. The fraction of sp³-hybridized carbons (Fsp3) is 0.182. The van der Waals surface area contributed by atoms with Crippen LogP contribution in [0.4, 0.5) is 0 Å². The van der Waals surface area contributed by atoms with E-state index in [0.717, 1.165) is 6.07 Å². The third-order valence-electron chi connectivity index (χ3n) is 2.06. The lowest BCUT2D eigenvalue weighted by atomic mass is 10.1. The van der Waals surface area contributed by atoms with Gasteiger partial charge in [0.25, 0.3) is 0 Å². The predicted octanol–water partition coefficient (Wildman–Crippen LogP) is 0.627. The SMILES string of the molecule is COc1ccc(C(=O)CC(=O)C(=O)O)cc1O. The number of carboxylic acid groups (broad SMARTS) is 1. The number of carbonyl (C=O) groups is 3. The van der Waals surface area contributed by atoms with Gasteiger partial charge < -0.3 is 14.9 Å². The molecular weight excluding hydrogens is 228 g/mol. The van der Waals surface area contributed by atoms with Crippen LogP contribution >= 0.6 is 0 Å². The second-order valence-corrected chi connectivity index (χ2v) is 3.21. The zero-order chi connectivity index (χ0) is 13.0. The minimum atomic E-state index is -1.66. The Kier molecular flexibility index (Phi) is 3.82. The number of ketones is 2. The number of aromatic hydroxyl groups is 1. The number of aliphatic carboxylic acids is 1. The van der Waals surface area contributed by atoms with Gasteiger partial charge >= 0.3 is 5.97 Å². The summed E-state index contributed by atoms with van der Waals surface area (Å²) >= 11 is 0. The lowest BCUT2D eigenvalue weighted by Crippen LogP contribution is -2.17. The lowest BCUT2D eigenvalue weighted by Gasteiger charge is -2.04. The molecule has 0 amide bonds. The van der Waals surface area contributed by atoms with E-state index in [0.29, 0.717) is 0 Å². The number of phenols is 1. The quantitative estimate of drug-likeness (QED) is 0.443. The Hall–Kier alpha value is -2.37. The van der Waals surface area contributed by atoms with Gasteiger partial charge in [-0.25, -0.2) is 4.79 Å². The number of ether oxygens (including phenoxy) is 1. The first-order chi connectivity index (χ1) is 7.95. The highest BCUT2D eigenvalue weighted by Crippen LogP contribution is 2.26. The first-order valence-corrected chi connectivity index (χ1v) is 4.62. The Morgan fingerprint density at radius 2 is 1.94 bits per heavy atom. The van der Waals surface area contributed by atoms with Crippen LogP contribution in [0.2, 0.25) is 0 Å². The Balaban J connectivity index is 2.87. The van der Waals surface area contributed by atoms with Crippen LogP contribution in [0.3, 0.4) is 0 Å². The molecule has 1 aromatic rings. The molecule has 0 radical (unpaired) electrons. The van der Waals surface area contributed by atoms with Gasteiger partial charge in [-0.1, -0.05) is 0 Å². The molecule has 0 aliphatic carbocycles. The van der Waals surface area contributed by atoms with Gasteiger partial charge in [0.2, 0.25) is 5.78 Å². The molecule has 0 aliphatic heterocycles. The van der Waals surface area contributed by atoms with Crippen molar-refractivity contribution >= 4 is 17.5 Å². The molecule has 17 heavy (non-hydrogen) atoms. The van der Waals surface area contributed by atoms with Crippen molar-refractivity contribution in [3.05, 3.63) is 23.8 Å². The van der Waals surface area contributed by atoms with Gasteiger partial charge in [0.15, 0.2) is 17.3 Å². The van der Waals surface area contributed by atoms with Gasteiger partial charge in [-0.15, -0.1) is 0 Å². The summed E-state index contributed by atoms with van der Waals surface area (Å²) in [6, 6.07) is 3.82. The Morgan fingerprint density at radius 1 is 1.29 bits per heavy atom. The van der Waals surface area contributed by atoms with Crippen LogP contribution in [-0.2, 0) is 9.59 Å². The maximum absolute atomic E-state index is 11.5. The van der Waals surface area contributed by atoms with Crippen LogP contribution in [0.5, 0.6) is 11.5 Å². The molecule has 6 heteroatoms. The van der Waals surface area contributed by atoms with E-state index in [1.807, 2.05) is 0 Å². The summed E-state index contributed by atoms with van der Waals surface area (Å²) in [4.78, 5) is 32.6. The van der Waals surface area contributed by atoms with Crippen LogP contribution in [0.15, 0.2) is 18.2 Å². The van der Waals surface area contributed by atoms with Crippen LogP contribution in [0.25, 0.3) is 0 Å². The Labute approximate surface area is 96.4 Å². The zero-order valence-corrected chi connectivity index (χ0v) is 8.97. The number of hydrogen-bond acceptors (Lipinski definition) is 5. The van der Waals surface area contributed by atoms with Crippen LogP contribution < -0.4 is 4.74 Å². The smallest absolute Gasteiger partial charge is 0.372 e. The molecule has 0 saturated heterocycles. The van der Waals surface area contributed by atoms with Crippen molar-refractivity contribution in [2.45, 2.75) is 6.42 Å². The second kappa shape index (κ2) is 5.11. The Bertz CT molecular complexity index is 477. The van der Waals surface area contributed by atoms with E-state index in [-0.39, 0.29) is 17.1 Å². The second-order valence-electron chi connectivity index (χ2n) is 3.21. The van der Waals surface area contributed by atoms with Gasteiger partial charge in [0.1, 0.15) is 0 Å². The predicted molar refractivity (Wildman–Crippen MR) is 56.2 cm³/mol. The standard InChI is InChI=1S/C11H10O6/c1-17-10-3-2-6(4-8(10)13)7(12)5-9(14)11(15)16/h2-4,13H,5H2,1H3,(H,15,16). The summed E-state index contributed by atoms with van der Waals surface area (Å²) in [6.07, 6.45) is -0.735. The molecule has 0 fully saturated rings. The fourth-order valence-corrected chi connectivity index (χ4v) is 1.19. The van der Waals surface area contributed by atoms with Crippen LogP contribution in [-0.4, -0.2) is 34.9 Å². The summed E-state index contributed by atoms with van der Waals surface area (Å²) in [5.41, 5.74) is 0.0536. The molecule has 6 nitrogen and oxygen atoms in total. The molecule has 90 valence electrons. The van der Waals surface area contributed by atoms with Crippen molar-refractivity contribution in [3.63, 3.8) is 0 Å². The maximum Gasteiger partial charge on any atom is 0.372 e. The Morgan fingerprint density at radius 3 is 2.41 bits per heavy atom. The first-order valence-electron chi connectivity index (χ1n) is 4.62. The number of Topliss-reactive ketones (excluding diaryl/α,β-unsaturated/α-hetero) is 2. The number of hydrogen-bond donors (Lipinski definition) is 2. The molecule has 0 bridgehead atoms. The number of carboxylic acids is 1. The average molecular weight is 238 g/mol. The third kappa shape index (κ3) is 3.04. The minimum absolute atomic E-state index is 0.0536. The van der Waals surface area contributed by atoms with Crippen molar-refractivity contribution in [2.24, 2.45) is 0 Å². The molecule has 0 atom stereocenters. The largest absolute Gasteiger partial charge is 0.504 e. The molecule has 0 heterocycles. The molecule has 0 unspecified atom stereocenters. The maximum atomic E-state index is 11.5. The van der Waals surface area contributed by atoms with E-state index in [2.05, 4.69) is 0 Å². The highest BCUT2D eigenvalue weighted by molar-refractivity contribution is 6.37. The van der Waals surface area contributed by atoms with Crippen molar-refractivity contribution in [1.29, 1.82) is 0 Å². The topological polar surface area (TPSA) is 101 Å². The normalized spacial score (nSPS) is 9.71.